The van der Waals surface area contributed by atoms with Crippen LogP contribution in [0, 0.1) is 11.6 Å². The number of hydrogen-bond acceptors (Lipinski definition) is 3. The van der Waals surface area contributed by atoms with Crippen molar-refractivity contribution in [3.8, 4) is 11.1 Å². The number of ketones is 1. The van der Waals surface area contributed by atoms with Gasteiger partial charge in [0.25, 0.3) is 0 Å². The number of benzene rings is 3. The van der Waals surface area contributed by atoms with Gasteiger partial charge in [-0.15, -0.1) is 0 Å². The Morgan fingerprint density at radius 1 is 1.03 bits per heavy atom. The molecule has 1 unspecified atom stereocenters. The van der Waals surface area contributed by atoms with E-state index in [4.69, 9.17) is 27.8 Å². The van der Waals surface area contributed by atoms with E-state index in [9.17, 15) is 17.8 Å². The van der Waals surface area contributed by atoms with E-state index in [-0.39, 0.29) is 29.1 Å². The number of aryl methyl sites for hydroxylation is 1. The first-order valence-electron chi connectivity index (χ1n) is 10.5. The van der Waals surface area contributed by atoms with Crippen LogP contribution in [0.15, 0.2) is 60.8 Å². The molecule has 10 heteroatoms. The third-order valence-electron chi connectivity index (χ3n) is 5.43. The molecule has 0 bridgehead atoms. The number of nitrogens with zero attached hydrogens (tertiary/aromatic N) is 1. The van der Waals surface area contributed by atoms with E-state index >= 15 is 0 Å². The molecule has 180 valence electrons. The molecule has 35 heavy (non-hydrogen) atoms. The lowest BCUT2D eigenvalue weighted by molar-refractivity contribution is 0.103. The third-order valence-corrected chi connectivity index (χ3v) is 6.56. The van der Waals surface area contributed by atoms with Gasteiger partial charge in [0.05, 0.1) is 16.1 Å². The summed E-state index contributed by atoms with van der Waals surface area (Å²) in [5, 5.41) is 1.05. The molecule has 0 aliphatic rings. The molecule has 4 rings (SSSR count). The minimum Gasteiger partial charge on any atom is -0.294 e. The largest absolute Gasteiger partial charge is 0.294 e. The van der Waals surface area contributed by atoms with Crippen LogP contribution >= 0.6 is 23.2 Å². The summed E-state index contributed by atoms with van der Waals surface area (Å²) in [5.74, 6) is -3.29. The third kappa shape index (κ3) is 5.74. The van der Waals surface area contributed by atoms with Gasteiger partial charge in [0, 0.05) is 34.3 Å². The number of fused-ring (bicyclic) bond motifs is 1. The fourth-order valence-corrected chi connectivity index (χ4v) is 4.46. The molecule has 0 saturated carbocycles. The fourth-order valence-electron chi connectivity index (χ4n) is 3.69. The summed E-state index contributed by atoms with van der Waals surface area (Å²) in [7, 11) is 0. The van der Waals surface area contributed by atoms with Crippen molar-refractivity contribution >= 4 is 51.2 Å². The summed E-state index contributed by atoms with van der Waals surface area (Å²) in [4.78, 5) is 17.7. The van der Waals surface area contributed by atoms with Gasteiger partial charge < -0.3 is 0 Å². The monoisotopic (exact) mass is 534 g/mol. The fraction of sp³-hybridized carbons (Fsp3) is 0.120. The minimum atomic E-state index is -2.18. The van der Waals surface area contributed by atoms with Crippen LogP contribution in [-0.2, 0) is 17.7 Å². The molecule has 0 saturated heterocycles. The lowest BCUT2D eigenvalue weighted by atomic mass is 9.97. The van der Waals surface area contributed by atoms with Gasteiger partial charge in [-0.25, -0.2) is 17.7 Å². The molecule has 5 nitrogen and oxygen atoms in total. The van der Waals surface area contributed by atoms with Crippen molar-refractivity contribution in [3.05, 3.63) is 99.2 Å². The van der Waals surface area contributed by atoms with Crippen molar-refractivity contribution in [2.45, 2.75) is 12.8 Å². The second kappa shape index (κ2) is 10.9. The van der Waals surface area contributed by atoms with E-state index in [2.05, 4.69) is 9.71 Å². The van der Waals surface area contributed by atoms with Crippen LogP contribution in [0.5, 0.6) is 0 Å². The molecule has 0 fully saturated rings. The summed E-state index contributed by atoms with van der Waals surface area (Å²) in [6.45, 7) is 0.148. The molecular formula is C25H18Cl2F2N2O3S. The SMILES string of the molecule is O=C(c1ccc2ncc(-c3ccc(Cl)cc3)cc2c1)c1c(F)c(F)cc(CCCNS(=O)O)c1Cl. The standard InChI is InChI=1S/C25H18Cl2F2N2O3S/c26-19-6-3-14(4-7-19)18-11-17-10-16(5-8-21(17)30-13-18)25(32)22-23(27)15(12-20(28)24(22)29)2-1-9-31-35(33)34/h3-8,10-13,31H,1-2,9H2,(H,33,34). The Bertz CT molecular complexity index is 1450. The van der Waals surface area contributed by atoms with Gasteiger partial charge in [-0.3, -0.25) is 14.3 Å². The topological polar surface area (TPSA) is 79.3 Å². The zero-order chi connectivity index (χ0) is 25.1. The maximum atomic E-state index is 14.7. The van der Waals surface area contributed by atoms with Crippen molar-refractivity contribution in [1.29, 1.82) is 0 Å². The molecule has 1 aromatic heterocycles. The zero-order valence-corrected chi connectivity index (χ0v) is 20.4. The normalized spacial score (nSPS) is 12.1. The maximum Gasteiger partial charge on any atom is 0.231 e. The molecule has 0 aliphatic carbocycles. The quantitative estimate of drug-likeness (QED) is 0.119. The van der Waals surface area contributed by atoms with Gasteiger partial charge in [0.15, 0.2) is 17.4 Å². The molecule has 0 spiro atoms. The minimum absolute atomic E-state index is 0.127. The number of rotatable bonds is 8. The number of aromatic nitrogens is 1. The van der Waals surface area contributed by atoms with E-state index in [0.717, 1.165) is 17.2 Å². The summed E-state index contributed by atoms with van der Waals surface area (Å²) < 4.78 is 50.8. The van der Waals surface area contributed by atoms with E-state index < -0.39 is 34.2 Å². The molecule has 0 radical (unpaired) electrons. The van der Waals surface area contributed by atoms with Gasteiger partial charge >= 0.3 is 0 Å². The van der Waals surface area contributed by atoms with Crippen LogP contribution in [-0.4, -0.2) is 26.1 Å². The smallest absolute Gasteiger partial charge is 0.231 e. The Labute approximate surface area is 212 Å². The number of nitrogens with one attached hydrogen (secondary N) is 1. The first kappa shape index (κ1) is 25.3. The lowest BCUT2D eigenvalue weighted by Gasteiger charge is -2.12. The van der Waals surface area contributed by atoms with Crippen molar-refractivity contribution in [2.24, 2.45) is 0 Å². The second-order valence-electron chi connectivity index (χ2n) is 7.74. The molecule has 3 aromatic carbocycles. The van der Waals surface area contributed by atoms with Crippen LogP contribution in [0.2, 0.25) is 10.0 Å². The van der Waals surface area contributed by atoms with Crippen LogP contribution in [0.4, 0.5) is 8.78 Å². The summed E-state index contributed by atoms with van der Waals surface area (Å²) >= 11 is 10.1. The molecule has 2 N–H and O–H groups in total. The van der Waals surface area contributed by atoms with Gasteiger partial charge in [-0.05, 0) is 66.4 Å². The number of carbonyl (C=O) groups excluding carboxylic acids is 1. The Hall–Kier alpha value is -2.75. The highest BCUT2D eigenvalue weighted by atomic mass is 35.5. The van der Waals surface area contributed by atoms with Crippen molar-refractivity contribution in [3.63, 3.8) is 0 Å². The van der Waals surface area contributed by atoms with Crippen LogP contribution in [0.1, 0.15) is 27.9 Å². The number of carbonyl (C=O) groups is 1. The Morgan fingerprint density at radius 3 is 2.49 bits per heavy atom. The van der Waals surface area contributed by atoms with Crippen molar-refractivity contribution < 1.29 is 22.3 Å². The second-order valence-corrected chi connectivity index (χ2v) is 9.34. The molecule has 1 heterocycles. The van der Waals surface area contributed by atoms with E-state index in [1.54, 1.807) is 30.5 Å². The average Bonchev–Trinajstić information content (AvgIpc) is 2.84. The molecule has 4 aromatic rings. The van der Waals surface area contributed by atoms with Gasteiger partial charge in [-0.1, -0.05) is 35.3 Å². The zero-order valence-electron chi connectivity index (χ0n) is 18.0. The predicted octanol–water partition coefficient (Wildman–Crippen LogP) is 6.38. The van der Waals surface area contributed by atoms with Gasteiger partial charge in [-0.2, -0.15) is 0 Å². The highest BCUT2D eigenvalue weighted by Gasteiger charge is 2.24. The maximum absolute atomic E-state index is 14.7. The molecule has 0 amide bonds. The van der Waals surface area contributed by atoms with Gasteiger partial charge in [0.1, 0.15) is 0 Å². The number of hydrogen-bond donors (Lipinski definition) is 2. The molecular weight excluding hydrogens is 517 g/mol. The van der Waals surface area contributed by atoms with E-state index in [1.807, 2.05) is 18.2 Å². The van der Waals surface area contributed by atoms with Crippen molar-refractivity contribution in [1.82, 2.24) is 9.71 Å². The highest BCUT2D eigenvalue weighted by molar-refractivity contribution is 7.77. The number of pyridine rings is 1. The predicted molar refractivity (Wildman–Crippen MR) is 134 cm³/mol. The summed E-state index contributed by atoms with van der Waals surface area (Å²) in [5.41, 5.74) is 2.10. The first-order valence-corrected chi connectivity index (χ1v) is 12.3. The first-order chi connectivity index (χ1) is 16.7. The van der Waals surface area contributed by atoms with Crippen molar-refractivity contribution in [2.75, 3.05) is 6.54 Å². The van der Waals surface area contributed by atoms with Gasteiger partial charge in [0.2, 0.25) is 11.3 Å². The van der Waals surface area contributed by atoms with Crippen LogP contribution in [0.3, 0.4) is 0 Å². The Balaban J connectivity index is 1.68. The molecule has 0 aliphatic heterocycles. The lowest BCUT2D eigenvalue weighted by Crippen LogP contribution is -2.18. The highest BCUT2D eigenvalue weighted by Crippen LogP contribution is 2.31. The molecule has 1 atom stereocenters. The summed E-state index contributed by atoms with van der Waals surface area (Å²) in [6, 6.07) is 14.7. The Morgan fingerprint density at radius 2 is 1.77 bits per heavy atom. The summed E-state index contributed by atoms with van der Waals surface area (Å²) in [6.07, 6.45) is 2.19. The average molecular weight is 535 g/mol. The van der Waals surface area contributed by atoms with E-state index in [1.165, 1.54) is 6.07 Å². The van der Waals surface area contributed by atoms with Crippen LogP contribution < -0.4 is 4.72 Å². The van der Waals surface area contributed by atoms with E-state index in [0.29, 0.717) is 22.3 Å². The van der Waals surface area contributed by atoms with Crippen LogP contribution in [0.25, 0.3) is 22.0 Å². The number of halogens is 4. The Kier molecular flexibility index (Phi) is 7.88.